The van der Waals surface area contributed by atoms with E-state index in [1.54, 1.807) is 4.90 Å². The van der Waals surface area contributed by atoms with Crippen LogP contribution in [0.2, 0.25) is 0 Å². The Hall–Kier alpha value is -3.46. The highest BCUT2D eigenvalue weighted by Gasteiger charge is 2.54. The zero-order valence-corrected chi connectivity index (χ0v) is 25.9. The summed E-state index contributed by atoms with van der Waals surface area (Å²) >= 11 is 0. The number of nitrogens with one attached hydrogen (secondary N) is 1. The van der Waals surface area contributed by atoms with E-state index >= 15 is 0 Å². The van der Waals surface area contributed by atoms with Gasteiger partial charge in [0.25, 0.3) is 5.91 Å². The lowest BCUT2D eigenvalue weighted by atomic mass is 9.76. The number of hydrogen-bond donors (Lipinski definition) is 9. The van der Waals surface area contributed by atoms with Crippen molar-refractivity contribution in [2.24, 2.45) is 11.8 Å². The second-order valence-corrected chi connectivity index (χ2v) is 12.9. The normalized spacial score (nSPS) is 40.3. The van der Waals surface area contributed by atoms with Crippen LogP contribution >= 0.6 is 0 Å². The SMILES string of the molecule is C=C[C@H]1[C@H](O[C@@H]2O[C@H](CO)[C@@H](O)[C@H](O)[C@H]2O[C@@H]2O[C@H](CO)[C@@H](O)[C@H](O)[C@H]2O)OC=C2C(=O)N3Cc4c([nH]c5cc(O)ccc5c4=O)[C@H]3C[C@H]21. The van der Waals surface area contributed by atoms with Crippen LogP contribution in [-0.2, 0) is 35.0 Å². The highest BCUT2D eigenvalue weighted by molar-refractivity contribution is 5.96. The number of ether oxygens (including phenoxy) is 5. The fourth-order valence-corrected chi connectivity index (χ4v) is 7.47. The molecule has 266 valence electrons. The predicted octanol–water partition coefficient (Wildman–Crippen LogP) is -2.68. The minimum atomic E-state index is -1.85. The van der Waals surface area contributed by atoms with Crippen molar-refractivity contribution in [1.82, 2.24) is 9.88 Å². The average Bonchev–Trinajstić information content (AvgIpc) is 3.46. The number of carbonyl (C=O) groups excluding carboxylic acids is 1. The lowest BCUT2D eigenvalue weighted by Gasteiger charge is -2.48. The predicted molar refractivity (Wildman–Crippen MR) is 162 cm³/mol. The number of aliphatic hydroxyl groups excluding tert-OH is 7. The number of aliphatic hydroxyl groups is 7. The summed E-state index contributed by atoms with van der Waals surface area (Å²) in [7, 11) is 0. The van der Waals surface area contributed by atoms with Crippen molar-refractivity contribution in [1.29, 1.82) is 0 Å². The number of H-pyrrole nitrogens is 1. The molecule has 1 aromatic heterocycles. The second kappa shape index (κ2) is 13.0. The second-order valence-electron chi connectivity index (χ2n) is 12.9. The maximum atomic E-state index is 13.8. The van der Waals surface area contributed by atoms with Gasteiger partial charge in [-0.2, -0.15) is 0 Å². The Bertz CT molecular complexity index is 1700. The monoisotopic (exact) mass is 690 g/mol. The van der Waals surface area contributed by atoms with Gasteiger partial charge in [-0.1, -0.05) is 6.08 Å². The molecule has 0 radical (unpaired) electrons. The highest BCUT2D eigenvalue weighted by atomic mass is 16.8. The number of nitrogens with zero attached hydrogens (tertiary/aromatic N) is 1. The Morgan fingerprint density at radius 1 is 0.918 bits per heavy atom. The molecule has 7 rings (SSSR count). The largest absolute Gasteiger partial charge is 0.508 e. The minimum Gasteiger partial charge on any atom is -0.508 e. The standard InChI is InChI=1S/C32H38N2O15/c1-2-12-14-6-18-21-15(22(38)13-4-3-11(37)5-17(13)33-21)7-34(18)29(44)16(14)10-45-30(12)49-32-28(26(42)24(40)20(9-36)47-32)48-31-27(43)25(41)23(39)19(8-35)46-31/h2-5,10,12,14,18-20,23-28,30-32,35-37,39-43H,1,6-9H2,(H,33,38)/t12-,14+,18-,19-,20-,23-,24-,25+,26+,27-,28-,30+,31+,32+/m1/s1. The number of phenolic OH excluding ortho intramolecular Hbond substituents is 1. The van der Waals surface area contributed by atoms with Crippen molar-refractivity contribution in [3.8, 4) is 5.75 Å². The van der Waals surface area contributed by atoms with E-state index in [1.165, 1.54) is 30.5 Å². The average molecular weight is 691 g/mol. The first-order chi connectivity index (χ1) is 23.5. The maximum absolute atomic E-state index is 13.8. The molecule has 6 heterocycles. The van der Waals surface area contributed by atoms with Crippen molar-refractivity contribution < 1.29 is 69.3 Å². The van der Waals surface area contributed by atoms with Crippen LogP contribution in [0, 0.1) is 11.8 Å². The molecular formula is C32H38N2O15. The van der Waals surface area contributed by atoms with Gasteiger partial charge in [-0.3, -0.25) is 9.59 Å². The summed E-state index contributed by atoms with van der Waals surface area (Å²) in [6.45, 7) is 2.52. The third-order valence-corrected chi connectivity index (χ3v) is 10.2. The van der Waals surface area contributed by atoms with Crippen molar-refractivity contribution >= 4 is 16.8 Å². The Balaban J connectivity index is 1.16. The van der Waals surface area contributed by atoms with Crippen molar-refractivity contribution in [3.63, 3.8) is 0 Å². The van der Waals surface area contributed by atoms with Gasteiger partial charge >= 0.3 is 0 Å². The molecule has 1 amide bonds. The van der Waals surface area contributed by atoms with Crippen LogP contribution in [0.3, 0.4) is 0 Å². The van der Waals surface area contributed by atoms with E-state index in [2.05, 4.69) is 11.6 Å². The van der Waals surface area contributed by atoms with Crippen LogP contribution in [0.4, 0.5) is 0 Å². The molecule has 0 saturated carbocycles. The molecule has 9 N–H and O–H groups in total. The third-order valence-electron chi connectivity index (χ3n) is 10.2. The zero-order chi connectivity index (χ0) is 34.9. The van der Waals surface area contributed by atoms with Crippen LogP contribution < -0.4 is 5.43 Å². The minimum absolute atomic E-state index is 0.0288. The van der Waals surface area contributed by atoms with Crippen LogP contribution in [0.5, 0.6) is 5.75 Å². The van der Waals surface area contributed by atoms with Gasteiger partial charge in [-0.05, 0) is 18.6 Å². The fraction of sp³-hybridized carbons (Fsp3) is 0.562. The van der Waals surface area contributed by atoms with E-state index in [-0.39, 0.29) is 23.6 Å². The number of pyridine rings is 1. The van der Waals surface area contributed by atoms with E-state index in [0.717, 1.165) is 0 Å². The Morgan fingerprint density at radius 3 is 2.31 bits per heavy atom. The van der Waals surface area contributed by atoms with Crippen LogP contribution in [0.25, 0.3) is 10.9 Å². The molecule has 17 nitrogen and oxygen atoms in total. The van der Waals surface area contributed by atoms with Gasteiger partial charge in [0.05, 0.1) is 43.2 Å². The molecule has 5 aliphatic rings. The number of aromatic amines is 1. The number of benzene rings is 1. The number of fused-ring (bicyclic) bond motifs is 5. The highest BCUT2D eigenvalue weighted by Crippen LogP contribution is 2.49. The Labute approximate surface area is 277 Å². The number of carbonyl (C=O) groups is 1. The third kappa shape index (κ3) is 5.55. The van der Waals surface area contributed by atoms with Gasteiger partial charge in [0.2, 0.25) is 6.29 Å². The topological polar surface area (TPSA) is 261 Å². The number of aromatic nitrogens is 1. The van der Waals surface area contributed by atoms with E-state index in [0.29, 0.717) is 34.2 Å². The van der Waals surface area contributed by atoms with Crippen LogP contribution in [0.1, 0.15) is 23.7 Å². The summed E-state index contributed by atoms with van der Waals surface area (Å²) in [4.78, 5) is 32.0. The molecule has 0 spiro atoms. The van der Waals surface area contributed by atoms with Gasteiger partial charge in [0.15, 0.2) is 18.0 Å². The Morgan fingerprint density at radius 2 is 1.61 bits per heavy atom. The molecule has 3 fully saturated rings. The Kier molecular flexibility index (Phi) is 9.03. The molecule has 0 bridgehead atoms. The number of piperidine rings is 1. The van der Waals surface area contributed by atoms with E-state index < -0.39 is 98.8 Å². The lowest BCUT2D eigenvalue weighted by Crippen LogP contribution is -2.65. The molecule has 0 unspecified atom stereocenters. The van der Waals surface area contributed by atoms with E-state index in [1.807, 2.05) is 0 Å². The van der Waals surface area contributed by atoms with Gasteiger partial charge in [-0.25, -0.2) is 0 Å². The quantitative estimate of drug-likeness (QED) is 0.134. The number of phenols is 1. The summed E-state index contributed by atoms with van der Waals surface area (Å²) in [5.74, 6) is -1.66. The summed E-state index contributed by atoms with van der Waals surface area (Å²) in [6, 6.07) is 3.85. The summed E-state index contributed by atoms with van der Waals surface area (Å²) in [5, 5.41) is 82.5. The molecule has 49 heavy (non-hydrogen) atoms. The van der Waals surface area contributed by atoms with Crippen LogP contribution in [0.15, 0.2) is 47.5 Å². The molecule has 5 aliphatic heterocycles. The molecule has 14 atom stereocenters. The maximum Gasteiger partial charge on any atom is 0.254 e. The molecule has 1 aromatic carbocycles. The first-order valence-corrected chi connectivity index (χ1v) is 15.9. The van der Waals surface area contributed by atoms with Crippen molar-refractivity contribution in [3.05, 3.63) is 64.2 Å². The fourth-order valence-electron chi connectivity index (χ4n) is 7.47. The summed E-state index contributed by atoms with van der Waals surface area (Å²) in [6.07, 6.45) is -14.6. The van der Waals surface area contributed by atoms with E-state index in [9.17, 15) is 50.4 Å². The molecule has 3 saturated heterocycles. The molecule has 0 aliphatic carbocycles. The van der Waals surface area contributed by atoms with Gasteiger partial charge < -0.3 is 74.4 Å². The lowest BCUT2D eigenvalue weighted by molar-refractivity contribution is -0.383. The number of amides is 1. The van der Waals surface area contributed by atoms with Gasteiger partial charge in [0, 0.05) is 34.5 Å². The molecular weight excluding hydrogens is 652 g/mol. The van der Waals surface area contributed by atoms with Crippen molar-refractivity contribution in [2.45, 2.75) is 86.7 Å². The molecule has 2 aromatic rings. The van der Waals surface area contributed by atoms with Gasteiger partial charge in [0.1, 0.15) is 54.6 Å². The summed E-state index contributed by atoms with van der Waals surface area (Å²) < 4.78 is 29.0. The van der Waals surface area contributed by atoms with E-state index in [4.69, 9.17) is 23.7 Å². The van der Waals surface area contributed by atoms with Gasteiger partial charge in [-0.15, -0.1) is 6.58 Å². The number of rotatable bonds is 7. The summed E-state index contributed by atoms with van der Waals surface area (Å²) in [5.41, 5.74) is 1.47. The van der Waals surface area contributed by atoms with Crippen LogP contribution in [-0.4, -0.2) is 138 Å². The first-order valence-electron chi connectivity index (χ1n) is 15.9. The zero-order valence-electron chi connectivity index (χ0n) is 25.9. The smallest absolute Gasteiger partial charge is 0.254 e. The first kappa shape index (κ1) is 34.0. The molecule has 17 heteroatoms. The number of hydrogen-bond acceptors (Lipinski definition) is 15. The van der Waals surface area contributed by atoms with Crippen molar-refractivity contribution in [2.75, 3.05) is 13.2 Å². The number of aromatic hydroxyl groups is 1.